The van der Waals surface area contributed by atoms with Crippen LogP contribution in [0.2, 0.25) is 5.02 Å². The van der Waals surface area contributed by atoms with Gasteiger partial charge in [0.1, 0.15) is 5.75 Å². The first-order valence-electron chi connectivity index (χ1n) is 4.57. The molecule has 0 bridgehead atoms. The number of alkyl halides is 1. The summed E-state index contributed by atoms with van der Waals surface area (Å²) in [4.78, 5) is 11.3. The van der Waals surface area contributed by atoms with Crippen molar-refractivity contribution in [2.45, 2.75) is 12.3 Å². The van der Waals surface area contributed by atoms with Gasteiger partial charge in [0.25, 0.3) is 0 Å². The third-order valence-electron chi connectivity index (χ3n) is 2.22. The van der Waals surface area contributed by atoms with Gasteiger partial charge in [0.05, 0.1) is 19.2 Å². The molecule has 0 aliphatic rings. The van der Waals surface area contributed by atoms with E-state index >= 15 is 0 Å². The first-order chi connectivity index (χ1) is 7.51. The van der Waals surface area contributed by atoms with Gasteiger partial charge >= 0.3 is 5.97 Å². The summed E-state index contributed by atoms with van der Waals surface area (Å²) in [5.74, 6) is 0.0441. The summed E-state index contributed by atoms with van der Waals surface area (Å²) in [5, 5.41) is -0.439. The number of hydrogen-bond acceptors (Lipinski definition) is 3. The van der Waals surface area contributed by atoms with Gasteiger partial charge in [0.2, 0.25) is 0 Å². The van der Waals surface area contributed by atoms with E-state index in [0.717, 1.165) is 5.56 Å². The maximum atomic E-state index is 11.3. The monoisotopic (exact) mass is 262 g/mol. The van der Waals surface area contributed by atoms with E-state index in [1.807, 2.05) is 6.92 Å². The predicted molar refractivity (Wildman–Crippen MR) is 63.4 cm³/mol. The highest BCUT2D eigenvalue weighted by Crippen LogP contribution is 2.33. The predicted octanol–water partition coefficient (Wildman–Crippen LogP) is 3.11. The van der Waals surface area contributed by atoms with Gasteiger partial charge in [0.15, 0.2) is 5.38 Å². The fourth-order valence-corrected chi connectivity index (χ4v) is 1.90. The Morgan fingerprint density at radius 1 is 1.38 bits per heavy atom. The van der Waals surface area contributed by atoms with Gasteiger partial charge in [-0.25, -0.2) is 0 Å². The number of carbonyl (C=O) groups excluding carboxylic acids is 1. The van der Waals surface area contributed by atoms with E-state index in [9.17, 15) is 4.79 Å². The van der Waals surface area contributed by atoms with Crippen molar-refractivity contribution in [2.75, 3.05) is 14.2 Å². The summed E-state index contributed by atoms with van der Waals surface area (Å²) in [6.07, 6.45) is 0. The van der Waals surface area contributed by atoms with Crippen LogP contribution in [-0.4, -0.2) is 20.2 Å². The van der Waals surface area contributed by atoms with Gasteiger partial charge in [-0.2, -0.15) is 0 Å². The van der Waals surface area contributed by atoms with Crippen LogP contribution in [0.4, 0.5) is 0 Å². The van der Waals surface area contributed by atoms with Gasteiger partial charge in [-0.1, -0.05) is 11.6 Å². The molecule has 0 aliphatic heterocycles. The van der Waals surface area contributed by atoms with Crippen LogP contribution < -0.4 is 4.74 Å². The minimum atomic E-state index is -0.853. The molecular formula is C11H12Cl2O3. The van der Waals surface area contributed by atoms with E-state index in [2.05, 4.69) is 4.74 Å². The van der Waals surface area contributed by atoms with Crippen LogP contribution in [0.5, 0.6) is 5.75 Å². The molecule has 16 heavy (non-hydrogen) atoms. The largest absolute Gasteiger partial charge is 0.495 e. The zero-order valence-electron chi connectivity index (χ0n) is 9.21. The molecular weight excluding hydrogens is 251 g/mol. The van der Waals surface area contributed by atoms with Crippen LogP contribution in [0.15, 0.2) is 12.1 Å². The minimum absolute atomic E-state index is 0.414. The Labute approximate surface area is 104 Å². The maximum Gasteiger partial charge on any atom is 0.328 e. The summed E-state index contributed by atoms with van der Waals surface area (Å²) in [6, 6.07) is 3.35. The number of ether oxygens (including phenoxy) is 2. The number of esters is 1. The zero-order valence-corrected chi connectivity index (χ0v) is 10.7. The van der Waals surface area contributed by atoms with Crippen LogP contribution in [-0.2, 0) is 9.53 Å². The Kier molecular flexibility index (Phi) is 4.44. The fraction of sp³-hybridized carbons (Fsp3) is 0.364. The standard InChI is InChI=1S/C11H12Cl2O3/c1-6-4-9(15-2)8(12)5-7(6)10(13)11(14)16-3/h4-5,10H,1-3H3. The van der Waals surface area contributed by atoms with E-state index in [4.69, 9.17) is 27.9 Å². The highest BCUT2D eigenvalue weighted by molar-refractivity contribution is 6.33. The van der Waals surface area contributed by atoms with E-state index in [1.165, 1.54) is 14.2 Å². The second kappa shape index (κ2) is 5.41. The Morgan fingerprint density at radius 3 is 2.50 bits per heavy atom. The van der Waals surface area contributed by atoms with Crippen LogP contribution in [0.3, 0.4) is 0 Å². The first kappa shape index (κ1) is 13.1. The average Bonchev–Trinajstić information content (AvgIpc) is 2.29. The molecule has 0 spiro atoms. The molecule has 0 radical (unpaired) electrons. The fourth-order valence-electron chi connectivity index (χ4n) is 1.33. The van der Waals surface area contributed by atoms with Crippen molar-refractivity contribution in [3.8, 4) is 5.75 Å². The first-order valence-corrected chi connectivity index (χ1v) is 5.38. The van der Waals surface area contributed by atoms with Crippen LogP contribution >= 0.6 is 23.2 Å². The van der Waals surface area contributed by atoms with Crippen molar-refractivity contribution in [3.63, 3.8) is 0 Å². The molecule has 88 valence electrons. The lowest BCUT2D eigenvalue weighted by Gasteiger charge is -2.13. The van der Waals surface area contributed by atoms with Crippen molar-refractivity contribution < 1.29 is 14.3 Å². The lowest BCUT2D eigenvalue weighted by molar-refractivity contribution is -0.140. The Balaban J connectivity index is 3.15. The van der Waals surface area contributed by atoms with Gasteiger partial charge in [0, 0.05) is 0 Å². The van der Waals surface area contributed by atoms with Gasteiger partial charge in [-0.05, 0) is 30.2 Å². The minimum Gasteiger partial charge on any atom is -0.495 e. The Hall–Kier alpha value is -0.930. The Bertz CT molecular complexity index is 404. The third-order valence-corrected chi connectivity index (χ3v) is 2.93. The van der Waals surface area contributed by atoms with E-state index < -0.39 is 11.3 Å². The van der Waals surface area contributed by atoms with Crippen molar-refractivity contribution in [3.05, 3.63) is 28.3 Å². The molecule has 0 amide bonds. The second-order valence-corrected chi connectivity index (χ2v) is 4.07. The number of aryl methyl sites for hydroxylation is 1. The number of methoxy groups -OCH3 is 2. The number of hydrogen-bond donors (Lipinski definition) is 0. The maximum absolute atomic E-state index is 11.3. The average molecular weight is 263 g/mol. The molecule has 0 fully saturated rings. The second-order valence-electron chi connectivity index (χ2n) is 3.23. The molecule has 0 saturated carbocycles. The molecule has 1 unspecified atom stereocenters. The molecule has 0 aromatic heterocycles. The SMILES string of the molecule is COC(=O)C(Cl)c1cc(Cl)c(OC)cc1C. The molecule has 1 aromatic carbocycles. The molecule has 0 saturated heterocycles. The summed E-state index contributed by atoms with van der Waals surface area (Å²) >= 11 is 11.9. The van der Waals surface area contributed by atoms with E-state index in [1.54, 1.807) is 12.1 Å². The topological polar surface area (TPSA) is 35.5 Å². The van der Waals surface area contributed by atoms with Crippen molar-refractivity contribution in [1.29, 1.82) is 0 Å². The molecule has 1 aromatic rings. The lowest BCUT2D eigenvalue weighted by Crippen LogP contribution is -2.10. The third kappa shape index (κ3) is 2.60. The molecule has 3 nitrogen and oxygen atoms in total. The van der Waals surface area contributed by atoms with Crippen molar-refractivity contribution >= 4 is 29.2 Å². The summed E-state index contributed by atoms with van der Waals surface area (Å²) < 4.78 is 9.63. The van der Waals surface area contributed by atoms with Gasteiger partial charge in [-0.3, -0.25) is 4.79 Å². The Morgan fingerprint density at radius 2 is 2.00 bits per heavy atom. The number of rotatable bonds is 3. The summed E-state index contributed by atoms with van der Waals surface area (Å²) in [5.41, 5.74) is 1.45. The van der Waals surface area contributed by atoms with Gasteiger partial charge < -0.3 is 9.47 Å². The number of carbonyl (C=O) groups is 1. The zero-order chi connectivity index (χ0) is 12.3. The molecule has 0 N–H and O–H groups in total. The van der Waals surface area contributed by atoms with E-state index in [-0.39, 0.29) is 0 Å². The molecule has 5 heteroatoms. The van der Waals surface area contributed by atoms with Crippen LogP contribution in [0.25, 0.3) is 0 Å². The summed E-state index contributed by atoms with van der Waals surface area (Å²) in [7, 11) is 2.82. The number of halogens is 2. The van der Waals surface area contributed by atoms with E-state index in [0.29, 0.717) is 16.3 Å². The van der Waals surface area contributed by atoms with Crippen molar-refractivity contribution in [1.82, 2.24) is 0 Å². The molecule has 1 rings (SSSR count). The molecule has 0 aliphatic carbocycles. The highest BCUT2D eigenvalue weighted by atomic mass is 35.5. The summed E-state index contributed by atoms with van der Waals surface area (Å²) in [6.45, 7) is 1.83. The van der Waals surface area contributed by atoms with Crippen LogP contribution in [0.1, 0.15) is 16.5 Å². The highest BCUT2D eigenvalue weighted by Gasteiger charge is 2.21. The number of benzene rings is 1. The smallest absolute Gasteiger partial charge is 0.328 e. The van der Waals surface area contributed by atoms with Crippen LogP contribution in [0, 0.1) is 6.92 Å². The van der Waals surface area contributed by atoms with Crippen molar-refractivity contribution in [2.24, 2.45) is 0 Å². The lowest BCUT2D eigenvalue weighted by atomic mass is 10.1. The van der Waals surface area contributed by atoms with Gasteiger partial charge in [-0.15, -0.1) is 11.6 Å². The quantitative estimate of drug-likeness (QED) is 0.621. The molecule has 1 atom stereocenters. The molecule has 0 heterocycles. The normalized spacial score (nSPS) is 12.1.